The molecule has 1 saturated heterocycles. The zero-order valence-electron chi connectivity index (χ0n) is 21.1. The van der Waals surface area contributed by atoms with Gasteiger partial charge in [-0.2, -0.15) is 0 Å². The number of para-hydroxylation sites is 1. The Morgan fingerprint density at radius 3 is 2.59 bits per heavy atom. The van der Waals surface area contributed by atoms with E-state index in [-0.39, 0.29) is 24.5 Å². The Balaban J connectivity index is 1.17. The first-order valence-corrected chi connectivity index (χ1v) is 13.3. The number of hydrogen-bond acceptors (Lipinski definition) is 5. The Bertz CT molecular complexity index is 1340. The van der Waals surface area contributed by atoms with Crippen molar-refractivity contribution >= 4 is 28.1 Å². The van der Waals surface area contributed by atoms with E-state index in [1.54, 1.807) is 0 Å². The number of benzene rings is 3. The zero-order chi connectivity index (χ0) is 25.0. The van der Waals surface area contributed by atoms with E-state index in [0.717, 1.165) is 55.8 Å². The molecule has 1 aromatic heterocycles. The first-order chi connectivity index (χ1) is 18.3. The molecule has 0 aliphatic carbocycles. The molecule has 3 heterocycles. The smallest absolute Gasteiger partial charge is 0.177 e. The van der Waals surface area contributed by atoms with Crippen LogP contribution in [0.25, 0.3) is 10.9 Å². The van der Waals surface area contributed by atoms with Crippen LogP contribution in [0, 0.1) is 0 Å². The van der Waals surface area contributed by atoms with Crippen LogP contribution in [0.5, 0.6) is 0 Å². The van der Waals surface area contributed by atoms with Gasteiger partial charge in [0.15, 0.2) is 5.78 Å². The Kier molecular flexibility index (Phi) is 6.93. The monoisotopic (exact) mass is 494 g/mol. The van der Waals surface area contributed by atoms with Crippen LogP contribution < -0.4 is 10.2 Å². The summed E-state index contributed by atoms with van der Waals surface area (Å²) in [6, 6.07) is 27.0. The SMILES string of the molecule is O=C(COCc1ccccc1)C(C1CCc2ccccc2N1)N1CCN(c2cccc3[nH]ccc23)CC1. The van der Waals surface area contributed by atoms with Crippen molar-refractivity contribution < 1.29 is 9.53 Å². The quantitative estimate of drug-likeness (QED) is 0.366. The highest BCUT2D eigenvalue weighted by molar-refractivity contribution is 5.92. The Labute approximate surface area is 218 Å². The van der Waals surface area contributed by atoms with Crippen molar-refractivity contribution in [2.45, 2.75) is 31.5 Å². The highest BCUT2D eigenvalue weighted by Gasteiger charge is 2.37. The predicted octanol–water partition coefficient (Wildman–Crippen LogP) is 4.87. The van der Waals surface area contributed by atoms with Gasteiger partial charge in [-0.15, -0.1) is 0 Å². The lowest BCUT2D eigenvalue weighted by atomic mass is 9.90. The number of aromatic nitrogens is 1. The molecule has 0 radical (unpaired) electrons. The van der Waals surface area contributed by atoms with Crippen LogP contribution in [0.1, 0.15) is 17.5 Å². The summed E-state index contributed by atoms with van der Waals surface area (Å²) in [5.74, 6) is 0.161. The molecular weight excluding hydrogens is 460 g/mol. The van der Waals surface area contributed by atoms with Crippen LogP contribution in [-0.4, -0.2) is 60.5 Å². The van der Waals surface area contributed by atoms with Crippen LogP contribution in [0.15, 0.2) is 85.1 Å². The lowest BCUT2D eigenvalue weighted by Gasteiger charge is -2.43. The van der Waals surface area contributed by atoms with Crippen LogP contribution in [0.3, 0.4) is 0 Å². The molecule has 2 aliphatic rings. The number of piperazine rings is 1. The number of rotatable bonds is 8. The number of carbonyl (C=O) groups is 1. The maximum Gasteiger partial charge on any atom is 0.177 e. The van der Waals surface area contributed by atoms with Crippen LogP contribution in [0.4, 0.5) is 11.4 Å². The molecule has 0 bridgehead atoms. The maximum absolute atomic E-state index is 13.7. The van der Waals surface area contributed by atoms with E-state index >= 15 is 0 Å². The fraction of sp³-hybridized carbons (Fsp3) is 0.323. The molecule has 6 heteroatoms. The summed E-state index contributed by atoms with van der Waals surface area (Å²) in [6.45, 7) is 4.05. The highest BCUT2D eigenvalue weighted by atomic mass is 16.5. The van der Waals surface area contributed by atoms with Crippen LogP contribution in [0.2, 0.25) is 0 Å². The van der Waals surface area contributed by atoms with Crippen molar-refractivity contribution in [1.29, 1.82) is 0 Å². The molecule has 0 saturated carbocycles. The number of Topliss-reactive ketones (excluding diaryl/α,β-unsaturated/α-hetero) is 1. The normalized spacial score (nSPS) is 18.8. The number of anilines is 2. The van der Waals surface area contributed by atoms with E-state index in [2.05, 4.69) is 68.6 Å². The lowest BCUT2D eigenvalue weighted by Crippen LogP contribution is -2.59. The zero-order valence-corrected chi connectivity index (χ0v) is 21.1. The minimum absolute atomic E-state index is 0.0716. The first kappa shape index (κ1) is 23.8. The number of fused-ring (bicyclic) bond motifs is 2. The third kappa shape index (κ3) is 5.13. The van der Waals surface area contributed by atoms with Crippen molar-refractivity contribution in [3.63, 3.8) is 0 Å². The summed E-state index contributed by atoms with van der Waals surface area (Å²) in [5, 5.41) is 4.96. The third-order valence-corrected chi connectivity index (χ3v) is 7.77. The molecule has 0 spiro atoms. The van der Waals surface area contributed by atoms with E-state index in [1.807, 2.05) is 36.5 Å². The largest absolute Gasteiger partial charge is 0.380 e. The first-order valence-electron chi connectivity index (χ1n) is 13.3. The number of carbonyl (C=O) groups excluding carboxylic acids is 1. The van der Waals surface area contributed by atoms with Gasteiger partial charge in [-0.1, -0.05) is 54.6 Å². The number of ketones is 1. The molecule has 2 unspecified atom stereocenters. The van der Waals surface area contributed by atoms with Gasteiger partial charge >= 0.3 is 0 Å². The second kappa shape index (κ2) is 10.8. The fourth-order valence-electron chi connectivity index (χ4n) is 5.90. The number of ether oxygens (including phenoxy) is 1. The molecule has 2 aliphatic heterocycles. The molecule has 37 heavy (non-hydrogen) atoms. The Hall–Kier alpha value is -3.61. The number of H-pyrrole nitrogens is 1. The predicted molar refractivity (Wildman–Crippen MR) is 149 cm³/mol. The van der Waals surface area contributed by atoms with Gasteiger partial charge in [0.25, 0.3) is 0 Å². The van der Waals surface area contributed by atoms with E-state index in [9.17, 15) is 4.79 Å². The standard InChI is InChI=1S/C31H34N4O2/c36-30(22-37-21-23-7-2-1-3-8-23)31(28-14-13-24-9-4-5-10-26(24)33-28)35-19-17-34(18-20-35)29-12-6-11-27-25(29)15-16-32-27/h1-12,15-16,28,31-33H,13-14,17-22H2. The summed E-state index contributed by atoms with van der Waals surface area (Å²) >= 11 is 0. The van der Waals surface area contributed by atoms with Crippen LogP contribution in [-0.2, 0) is 22.6 Å². The van der Waals surface area contributed by atoms with Crippen molar-refractivity contribution in [2.75, 3.05) is 43.0 Å². The van der Waals surface area contributed by atoms with Crippen molar-refractivity contribution in [1.82, 2.24) is 9.88 Å². The van der Waals surface area contributed by atoms with Gasteiger partial charge in [0.1, 0.15) is 6.61 Å². The number of nitrogens with one attached hydrogen (secondary N) is 2. The van der Waals surface area contributed by atoms with Crippen molar-refractivity contribution in [3.05, 3.63) is 96.2 Å². The molecule has 4 aromatic rings. The summed E-state index contributed by atoms with van der Waals surface area (Å²) in [5.41, 5.74) is 5.99. The molecule has 6 nitrogen and oxygen atoms in total. The van der Waals surface area contributed by atoms with E-state index < -0.39 is 0 Å². The minimum Gasteiger partial charge on any atom is -0.380 e. The molecule has 0 amide bonds. The molecule has 190 valence electrons. The highest BCUT2D eigenvalue weighted by Crippen LogP contribution is 2.30. The Morgan fingerprint density at radius 1 is 0.919 bits per heavy atom. The van der Waals surface area contributed by atoms with Gasteiger partial charge in [-0.05, 0) is 48.2 Å². The van der Waals surface area contributed by atoms with E-state index in [1.165, 1.54) is 16.6 Å². The average molecular weight is 495 g/mol. The van der Waals surface area contributed by atoms with E-state index in [0.29, 0.717) is 6.61 Å². The number of aryl methyl sites for hydroxylation is 1. The average Bonchev–Trinajstić information content (AvgIpc) is 3.44. The summed E-state index contributed by atoms with van der Waals surface area (Å²) in [7, 11) is 0. The van der Waals surface area contributed by atoms with Gasteiger partial charge in [-0.3, -0.25) is 9.69 Å². The van der Waals surface area contributed by atoms with Gasteiger partial charge in [-0.25, -0.2) is 0 Å². The Morgan fingerprint density at radius 2 is 1.73 bits per heavy atom. The van der Waals surface area contributed by atoms with Gasteiger partial charge in [0.2, 0.25) is 0 Å². The topological polar surface area (TPSA) is 60.6 Å². The van der Waals surface area contributed by atoms with Gasteiger partial charge in [0, 0.05) is 60.7 Å². The summed E-state index contributed by atoms with van der Waals surface area (Å²) in [4.78, 5) is 21.9. The van der Waals surface area contributed by atoms with Crippen molar-refractivity contribution in [2.24, 2.45) is 0 Å². The molecule has 3 aromatic carbocycles. The fourth-order valence-corrected chi connectivity index (χ4v) is 5.90. The number of hydrogen-bond donors (Lipinski definition) is 2. The maximum atomic E-state index is 13.7. The lowest BCUT2D eigenvalue weighted by molar-refractivity contribution is -0.130. The molecular formula is C31H34N4O2. The third-order valence-electron chi connectivity index (χ3n) is 7.77. The van der Waals surface area contributed by atoms with Crippen molar-refractivity contribution in [3.8, 4) is 0 Å². The van der Waals surface area contributed by atoms with Gasteiger partial charge in [0.05, 0.1) is 12.6 Å². The molecule has 6 rings (SSSR count). The molecule has 2 atom stereocenters. The minimum atomic E-state index is -0.214. The summed E-state index contributed by atoms with van der Waals surface area (Å²) < 4.78 is 5.93. The molecule has 1 fully saturated rings. The second-order valence-corrected chi connectivity index (χ2v) is 10.1. The number of aromatic amines is 1. The molecule has 2 N–H and O–H groups in total. The van der Waals surface area contributed by atoms with Crippen LogP contribution >= 0.6 is 0 Å². The second-order valence-electron chi connectivity index (χ2n) is 10.1. The van der Waals surface area contributed by atoms with E-state index in [4.69, 9.17) is 4.74 Å². The number of nitrogens with zero attached hydrogens (tertiary/aromatic N) is 2. The van der Waals surface area contributed by atoms with Gasteiger partial charge < -0.3 is 19.9 Å². The summed E-state index contributed by atoms with van der Waals surface area (Å²) in [6.07, 6.45) is 3.92.